The molecule has 0 bridgehead atoms. The standard InChI is InChI=1S/C15H22O5/c1-3-5-10-19-14(18-4-2)11-20-13-8-6-12(7-9-13)15(16)17/h6-9,14H,3-5,10-11H2,1-2H3,(H,16,17). The molecule has 112 valence electrons. The normalized spacial score (nSPS) is 12.1. The Morgan fingerprint density at radius 2 is 1.90 bits per heavy atom. The van der Waals surface area contributed by atoms with E-state index in [4.69, 9.17) is 19.3 Å². The highest BCUT2D eigenvalue weighted by Gasteiger charge is 2.10. The molecule has 0 fully saturated rings. The number of ether oxygens (including phenoxy) is 3. The maximum absolute atomic E-state index is 10.7. The Bertz CT molecular complexity index is 388. The Morgan fingerprint density at radius 1 is 1.20 bits per heavy atom. The zero-order valence-electron chi connectivity index (χ0n) is 12.0. The van der Waals surface area contributed by atoms with Crippen LogP contribution in [0.5, 0.6) is 5.75 Å². The summed E-state index contributed by atoms with van der Waals surface area (Å²) in [5, 5.41) is 8.80. The van der Waals surface area contributed by atoms with Crippen molar-refractivity contribution in [2.45, 2.75) is 33.0 Å². The fourth-order valence-corrected chi connectivity index (χ4v) is 1.55. The summed E-state index contributed by atoms with van der Waals surface area (Å²) in [6.45, 7) is 5.47. The minimum absolute atomic E-state index is 0.234. The van der Waals surface area contributed by atoms with Crippen LogP contribution in [-0.4, -0.2) is 37.2 Å². The van der Waals surface area contributed by atoms with Gasteiger partial charge in [0.15, 0.2) is 6.29 Å². The summed E-state index contributed by atoms with van der Waals surface area (Å²) in [6, 6.07) is 6.26. The van der Waals surface area contributed by atoms with Gasteiger partial charge in [-0.25, -0.2) is 4.79 Å². The van der Waals surface area contributed by atoms with Crippen molar-refractivity contribution >= 4 is 5.97 Å². The van der Waals surface area contributed by atoms with Gasteiger partial charge >= 0.3 is 5.97 Å². The number of hydrogen-bond donors (Lipinski definition) is 1. The Kier molecular flexibility index (Phi) is 7.69. The van der Waals surface area contributed by atoms with Crippen molar-refractivity contribution in [3.05, 3.63) is 29.8 Å². The van der Waals surface area contributed by atoms with Crippen molar-refractivity contribution in [1.82, 2.24) is 0 Å². The van der Waals surface area contributed by atoms with Gasteiger partial charge in [-0.05, 0) is 37.6 Å². The number of aromatic carboxylic acids is 1. The smallest absolute Gasteiger partial charge is 0.335 e. The predicted octanol–water partition coefficient (Wildman–Crippen LogP) is 2.94. The van der Waals surface area contributed by atoms with Gasteiger partial charge < -0.3 is 19.3 Å². The first kappa shape index (κ1) is 16.5. The molecule has 0 aliphatic heterocycles. The summed E-state index contributed by atoms with van der Waals surface area (Å²) in [7, 11) is 0. The molecule has 0 saturated carbocycles. The Morgan fingerprint density at radius 3 is 2.45 bits per heavy atom. The van der Waals surface area contributed by atoms with E-state index in [1.807, 2.05) is 6.92 Å². The molecule has 1 N–H and O–H groups in total. The second kappa shape index (κ2) is 9.34. The Hall–Kier alpha value is -1.59. The van der Waals surface area contributed by atoms with Gasteiger partial charge in [0, 0.05) is 13.2 Å². The van der Waals surface area contributed by atoms with Crippen LogP contribution >= 0.6 is 0 Å². The van der Waals surface area contributed by atoms with E-state index in [9.17, 15) is 4.79 Å². The lowest BCUT2D eigenvalue weighted by Crippen LogP contribution is -2.25. The number of unbranched alkanes of at least 4 members (excludes halogenated alkanes) is 1. The first-order chi connectivity index (χ1) is 9.67. The van der Waals surface area contributed by atoms with Gasteiger partial charge in [0.1, 0.15) is 12.4 Å². The average molecular weight is 282 g/mol. The van der Waals surface area contributed by atoms with Gasteiger partial charge in [-0.2, -0.15) is 0 Å². The first-order valence-electron chi connectivity index (χ1n) is 6.86. The van der Waals surface area contributed by atoms with Crippen molar-refractivity contribution in [2.24, 2.45) is 0 Å². The van der Waals surface area contributed by atoms with E-state index in [1.165, 1.54) is 12.1 Å². The highest BCUT2D eigenvalue weighted by atomic mass is 16.7. The summed E-state index contributed by atoms with van der Waals surface area (Å²) in [6.07, 6.45) is 1.65. The quantitative estimate of drug-likeness (QED) is 0.528. The zero-order valence-corrected chi connectivity index (χ0v) is 12.0. The Balaban J connectivity index is 2.43. The summed E-state index contributed by atoms with van der Waals surface area (Å²) >= 11 is 0. The van der Waals surface area contributed by atoms with Crippen LogP contribution in [-0.2, 0) is 9.47 Å². The molecule has 0 aromatic heterocycles. The highest BCUT2D eigenvalue weighted by molar-refractivity contribution is 5.87. The maximum Gasteiger partial charge on any atom is 0.335 e. The monoisotopic (exact) mass is 282 g/mol. The van der Waals surface area contributed by atoms with E-state index < -0.39 is 12.3 Å². The van der Waals surface area contributed by atoms with Crippen LogP contribution in [0.1, 0.15) is 37.0 Å². The molecule has 0 saturated heterocycles. The van der Waals surface area contributed by atoms with Crippen LogP contribution in [0.3, 0.4) is 0 Å². The molecule has 5 heteroatoms. The molecule has 1 atom stereocenters. The van der Waals surface area contributed by atoms with Gasteiger partial charge in [-0.1, -0.05) is 13.3 Å². The summed E-state index contributed by atoms with van der Waals surface area (Å²) in [5.74, 6) is -0.356. The average Bonchev–Trinajstić information content (AvgIpc) is 2.45. The van der Waals surface area contributed by atoms with E-state index in [1.54, 1.807) is 12.1 Å². The third-order valence-electron chi connectivity index (χ3n) is 2.64. The van der Waals surface area contributed by atoms with E-state index >= 15 is 0 Å². The SMILES string of the molecule is CCCCOC(COc1ccc(C(=O)O)cc1)OCC. The van der Waals surface area contributed by atoms with Crippen molar-refractivity contribution in [2.75, 3.05) is 19.8 Å². The lowest BCUT2D eigenvalue weighted by Gasteiger charge is -2.18. The number of hydrogen-bond acceptors (Lipinski definition) is 4. The van der Waals surface area contributed by atoms with Gasteiger partial charge in [-0.15, -0.1) is 0 Å². The molecule has 0 spiro atoms. The second-order valence-electron chi connectivity index (χ2n) is 4.25. The fourth-order valence-electron chi connectivity index (χ4n) is 1.55. The molecule has 1 unspecified atom stereocenters. The molecule has 1 rings (SSSR count). The molecule has 0 aliphatic rings. The topological polar surface area (TPSA) is 65.0 Å². The highest BCUT2D eigenvalue weighted by Crippen LogP contribution is 2.13. The van der Waals surface area contributed by atoms with Gasteiger partial charge in [0.2, 0.25) is 0 Å². The van der Waals surface area contributed by atoms with Crippen LogP contribution in [0.25, 0.3) is 0 Å². The van der Waals surface area contributed by atoms with E-state index in [2.05, 4.69) is 6.92 Å². The number of rotatable bonds is 10. The van der Waals surface area contributed by atoms with Gasteiger partial charge in [0.25, 0.3) is 0 Å². The molecule has 0 aliphatic carbocycles. The number of carboxylic acid groups (broad SMARTS) is 1. The first-order valence-corrected chi connectivity index (χ1v) is 6.86. The summed E-state index contributed by atoms with van der Waals surface area (Å²) in [5.41, 5.74) is 0.234. The third kappa shape index (κ3) is 6.04. The van der Waals surface area contributed by atoms with Crippen LogP contribution in [0.15, 0.2) is 24.3 Å². The maximum atomic E-state index is 10.7. The molecule has 5 nitrogen and oxygen atoms in total. The Labute approximate surface area is 119 Å². The molecule has 20 heavy (non-hydrogen) atoms. The minimum atomic E-state index is -0.952. The molecular weight excluding hydrogens is 260 g/mol. The van der Waals surface area contributed by atoms with Crippen molar-refractivity contribution < 1.29 is 24.1 Å². The van der Waals surface area contributed by atoms with Crippen LogP contribution in [0.4, 0.5) is 0 Å². The van der Waals surface area contributed by atoms with Gasteiger partial charge in [-0.3, -0.25) is 0 Å². The van der Waals surface area contributed by atoms with Crippen LogP contribution < -0.4 is 4.74 Å². The number of carboxylic acids is 1. The van der Waals surface area contributed by atoms with Crippen molar-refractivity contribution in [3.8, 4) is 5.75 Å². The third-order valence-corrected chi connectivity index (χ3v) is 2.64. The lowest BCUT2D eigenvalue weighted by molar-refractivity contribution is -0.155. The number of benzene rings is 1. The molecule has 1 aromatic carbocycles. The van der Waals surface area contributed by atoms with E-state index in [0.29, 0.717) is 19.0 Å². The summed E-state index contributed by atoms with van der Waals surface area (Å²) < 4.78 is 16.5. The predicted molar refractivity (Wildman–Crippen MR) is 75.2 cm³/mol. The molecule has 0 amide bonds. The van der Waals surface area contributed by atoms with Crippen molar-refractivity contribution in [3.63, 3.8) is 0 Å². The fraction of sp³-hybridized carbons (Fsp3) is 0.533. The van der Waals surface area contributed by atoms with E-state index in [-0.39, 0.29) is 12.2 Å². The van der Waals surface area contributed by atoms with E-state index in [0.717, 1.165) is 12.8 Å². The largest absolute Gasteiger partial charge is 0.488 e. The lowest BCUT2D eigenvalue weighted by atomic mass is 10.2. The molecule has 0 radical (unpaired) electrons. The molecule has 1 aromatic rings. The minimum Gasteiger partial charge on any atom is -0.488 e. The molecule has 0 heterocycles. The second-order valence-corrected chi connectivity index (χ2v) is 4.25. The van der Waals surface area contributed by atoms with Crippen LogP contribution in [0.2, 0.25) is 0 Å². The van der Waals surface area contributed by atoms with Gasteiger partial charge in [0.05, 0.1) is 5.56 Å². The molecular formula is C15H22O5. The number of carbonyl (C=O) groups is 1. The van der Waals surface area contributed by atoms with Crippen LogP contribution in [0, 0.1) is 0 Å². The zero-order chi connectivity index (χ0) is 14.8. The summed E-state index contributed by atoms with van der Waals surface area (Å²) in [4.78, 5) is 10.7. The van der Waals surface area contributed by atoms with Crippen molar-refractivity contribution in [1.29, 1.82) is 0 Å².